The molecule has 0 atom stereocenters. The summed E-state index contributed by atoms with van der Waals surface area (Å²) in [6.45, 7) is 9.34. The number of sulfonamides is 1. The first-order valence-corrected chi connectivity index (χ1v) is 12.1. The first-order valence-electron chi connectivity index (χ1n) is 10.6. The van der Waals surface area contributed by atoms with Crippen LogP contribution in [0.25, 0.3) is 0 Å². The normalized spacial score (nSPS) is 15.7. The molecule has 2 heterocycles. The second kappa shape index (κ2) is 9.36. The smallest absolute Gasteiger partial charge is 0.338 e. The van der Waals surface area contributed by atoms with Gasteiger partial charge in [0.2, 0.25) is 15.8 Å². The Bertz CT molecular complexity index is 1060. The Kier molecular flexibility index (Phi) is 7.01. The summed E-state index contributed by atoms with van der Waals surface area (Å²) in [5.74, 6) is -0.396. The summed E-state index contributed by atoms with van der Waals surface area (Å²) in [5, 5.41) is 0. The van der Waals surface area contributed by atoms with E-state index in [0.717, 1.165) is 30.8 Å². The quantitative estimate of drug-likeness (QED) is 0.479. The maximum absolute atomic E-state index is 12.8. The van der Waals surface area contributed by atoms with Gasteiger partial charge >= 0.3 is 5.97 Å². The first-order chi connectivity index (χ1) is 14.6. The summed E-state index contributed by atoms with van der Waals surface area (Å²) in [6, 6.07) is 7.49. The minimum atomic E-state index is -3.57. The number of carbonyl (C=O) groups excluding carboxylic acids is 2. The lowest BCUT2D eigenvalue weighted by atomic mass is 10.0. The molecule has 1 aliphatic heterocycles. The number of rotatable bonds is 7. The van der Waals surface area contributed by atoms with Gasteiger partial charge in [-0.2, -0.15) is 4.31 Å². The largest absolute Gasteiger partial charge is 0.454 e. The van der Waals surface area contributed by atoms with Crippen molar-refractivity contribution >= 4 is 21.8 Å². The summed E-state index contributed by atoms with van der Waals surface area (Å²) < 4.78 is 34.3. The van der Waals surface area contributed by atoms with Crippen molar-refractivity contribution in [2.45, 2.75) is 52.0 Å². The zero-order chi connectivity index (χ0) is 22.8. The van der Waals surface area contributed by atoms with Gasteiger partial charge in [-0.05, 0) is 69.9 Å². The van der Waals surface area contributed by atoms with Gasteiger partial charge in [0.25, 0.3) is 0 Å². The molecule has 0 unspecified atom stereocenters. The van der Waals surface area contributed by atoms with Crippen LogP contribution in [0.15, 0.2) is 35.2 Å². The summed E-state index contributed by atoms with van der Waals surface area (Å²) in [4.78, 5) is 25.0. The Morgan fingerprint density at radius 1 is 1.10 bits per heavy atom. The molecule has 0 amide bonds. The standard InChI is InChI=1S/C23H30N2O5S/c1-5-25-17(3)14-21(18(25)4)22(26)15-30-23(27)19-6-8-20(9-7-19)31(28,29)24-12-10-16(2)11-13-24/h6-9,14,16H,5,10-13,15H2,1-4H3. The molecule has 31 heavy (non-hydrogen) atoms. The number of ether oxygens (including phenoxy) is 1. The highest BCUT2D eigenvalue weighted by molar-refractivity contribution is 7.89. The number of esters is 1. The SMILES string of the molecule is CCn1c(C)cc(C(=O)COC(=O)c2ccc(S(=O)(=O)N3CCC(C)CC3)cc2)c1C. The van der Waals surface area contributed by atoms with Crippen LogP contribution in [-0.2, 0) is 21.3 Å². The van der Waals surface area contributed by atoms with E-state index in [2.05, 4.69) is 6.92 Å². The molecule has 168 valence electrons. The van der Waals surface area contributed by atoms with E-state index < -0.39 is 16.0 Å². The maximum atomic E-state index is 12.8. The third-order valence-corrected chi connectivity index (χ3v) is 7.91. The molecule has 0 spiro atoms. The topological polar surface area (TPSA) is 85.7 Å². The highest BCUT2D eigenvalue weighted by atomic mass is 32.2. The number of benzene rings is 1. The second-order valence-electron chi connectivity index (χ2n) is 8.14. The lowest BCUT2D eigenvalue weighted by molar-refractivity contribution is 0.0474. The average molecular weight is 447 g/mol. The van der Waals surface area contributed by atoms with Gasteiger partial charge in [-0.1, -0.05) is 6.92 Å². The molecule has 3 rings (SSSR count). The van der Waals surface area contributed by atoms with Gasteiger partial charge < -0.3 is 9.30 Å². The van der Waals surface area contributed by atoms with E-state index in [0.29, 0.717) is 24.6 Å². The van der Waals surface area contributed by atoms with Crippen molar-refractivity contribution < 1.29 is 22.7 Å². The van der Waals surface area contributed by atoms with Crippen LogP contribution in [0.5, 0.6) is 0 Å². The van der Waals surface area contributed by atoms with Crippen LogP contribution in [-0.4, -0.2) is 48.7 Å². The molecule has 0 saturated carbocycles. The predicted octanol–water partition coefficient (Wildman–Crippen LogP) is 3.59. The molecule has 1 saturated heterocycles. The predicted molar refractivity (Wildman–Crippen MR) is 118 cm³/mol. The van der Waals surface area contributed by atoms with Crippen LogP contribution >= 0.6 is 0 Å². The Morgan fingerprint density at radius 3 is 2.26 bits per heavy atom. The minimum Gasteiger partial charge on any atom is -0.454 e. The number of carbonyl (C=O) groups is 2. The molecule has 2 aromatic rings. The zero-order valence-electron chi connectivity index (χ0n) is 18.6. The number of piperidine rings is 1. The second-order valence-corrected chi connectivity index (χ2v) is 10.1. The number of Topliss-reactive ketones (excluding diaryl/α,β-unsaturated/α-hetero) is 1. The molecule has 0 N–H and O–H groups in total. The van der Waals surface area contributed by atoms with E-state index in [9.17, 15) is 18.0 Å². The molecule has 1 aromatic heterocycles. The van der Waals surface area contributed by atoms with E-state index in [4.69, 9.17) is 4.74 Å². The number of hydrogen-bond acceptors (Lipinski definition) is 5. The van der Waals surface area contributed by atoms with Crippen LogP contribution in [0.1, 0.15) is 58.8 Å². The maximum Gasteiger partial charge on any atom is 0.338 e. The van der Waals surface area contributed by atoms with E-state index in [1.165, 1.54) is 28.6 Å². The van der Waals surface area contributed by atoms with Crippen molar-refractivity contribution in [3.63, 3.8) is 0 Å². The van der Waals surface area contributed by atoms with Crippen molar-refractivity contribution in [3.8, 4) is 0 Å². The summed E-state index contributed by atoms with van der Waals surface area (Å²) >= 11 is 0. The van der Waals surface area contributed by atoms with Crippen molar-refractivity contribution in [1.29, 1.82) is 0 Å². The highest BCUT2D eigenvalue weighted by Gasteiger charge is 2.28. The third kappa shape index (κ3) is 4.91. The van der Waals surface area contributed by atoms with Crippen LogP contribution in [0, 0.1) is 19.8 Å². The number of ketones is 1. The highest BCUT2D eigenvalue weighted by Crippen LogP contribution is 2.24. The van der Waals surface area contributed by atoms with Gasteiger partial charge in [-0.15, -0.1) is 0 Å². The van der Waals surface area contributed by atoms with Crippen LogP contribution in [0.3, 0.4) is 0 Å². The van der Waals surface area contributed by atoms with Crippen LogP contribution in [0.2, 0.25) is 0 Å². The first kappa shape index (κ1) is 23.2. The van der Waals surface area contributed by atoms with Crippen LogP contribution in [0.4, 0.5) is 0 Å². The molecular formula is C23H30N2O5S. The molecule has 0 aliphatic carbocycles. The fourth-order valence-corrected chi connectivity index (χ4v) is 5.47. The molecule has 1 fully saturated rings. The molecule has 8 heteroatoms. The van der Waals surface area contributed by atoms with E-state index in [1.807, 2.05) is 25.3 Å². The van der Waals surface area contributed by atoms with Crippen molar-refractivity contribution in [1.82, 2.24) is 8.87 Å². The lowest BCUT2D eigenvalue weighted by Gasteiger charge is -2.29. The van der Waals surface area contributed by atoms with Gasteiger partial charge in [0.05, 0.1) is 10.5 Å². The van der Waals surface area contributed by atoms with Crippen molar-refractivity contribution in [3.05, 3.63) is 52.8 Å². The minimum absolute atomic E-state index is 0.154. The van der Waals surface area contributed by atoms with Gasteiger partial charge in [0.15, 0.2) is 6.61 Å². The van der Waals surface area contributed by atoms with Gasteiger partial charge in [0, 0.05) is 36.6 Å². The molecule has 0 radical (unpaired) electrons. The van der Waals surface area contributed by atoms with Crippen LogP contribution < -0.4 is 0 Å². The zero-order valence-corrected chi connectivity index (χ0v) is 19.4. The average Bonchev–Trinajstić information content (AvgIpc) is 3.05. The fraction of sp³-hybridized carbons (Fsp3) is 0.478. The van der Waals surface area contributed by atoms with Gasteiger partial charge in [0.1, 0.15) is 0 Å². The Morgan fingerprint density at radius 2 is 1.71 bits per heavy atom. The Labute approximate surface area is 184 Å². The van der Waals surface area contributed by atoms with Gasteiger partial charge in [-0.25, -0.2) is 13.2 Å². The Hall–Kier alpha value is -2.45. The van der Waals surface area contributed by atoms with E-state index >= 15 is 0 Å². The van der Waals surface area contributed by atoms with Gasteiger partial charge in [-0.3, -0.25) is 4.79 Å². The van der Waals surface area contributed by atoms with Crippen molar-refractivity contribution in [2.75, 3.05) is 19.7 Å². The summed E-state index contributed by atoms with van der Waals surface area (Å²) in [5.41, 5.74) is 2.58. The lowest BCUT2D eigenvalue weighted by Crippen LogP contribution is -2.37. The number of aromatic nitrogens is 1. The molecule has 1 aromatic carbocycles. The van der Waals surface area contributed by atoms with E-state index in [1.54, 1.807) is 6.07 Å². The monoisotopic (exact) mass is 446 g/mol. The summed E-state index contributed by atoms with van der Waals surface area (Å²) in [7, 11) is -3.57. The fourth-order valence-electron chi connectivity index (χ4n) is 4.00. The Balaban J connectivity index is 1.63. The number of aryl methyl sites for hydroxylation is 1. The molecule has 0 bridgehead atoms. The van der Waals surface area contributed by atoms with Crippen molar-refractivity contribution in [2.24, 2.45) is 5.92 Å². The number of nitrogens with zero attached hydrogens (tertiary/aromatic N) is 2. The third-order valence-electron chi connectivity index (χ3n) is 6.00. The summed E-state index contributed by atoms with van der Waals surface area (Å²) in [6.07, 6.45) is 1.69. The molecular weight excluding hydrogens is 416 g/mol. The molecule has 1 aliphatic rings. The van der Waals surface area contributed by atoms with E-state index in [-0.39, 0.29) is 22.8 Å². The molecule has 7 nitrogen and oxygen atoms in total. The number of hydrogen-bond donors (Lipinski definition) is 0.